The molecule has 8 nitrogen and oxygen atoms in total. The van der Waals surface area contributed by atoms with Gasteiger partial charge in [-0.05, 0) is 81.4 Å². The van der Waals surface area contributed by atoms with Crippen molar-refractivity contribution in [3.63, 3.8) is 0 Å². The molecule has 212 valence electrons. The van der Waals surface area contributed by atoms with Crippen LogP contribution >= 0.6 is 0 Å². The zero-order chi connectivity index (χ0) is 27.7. The van der Waals surface area contributed by atoms with Crippen LogP contribution in [0.2, 0.25) is 0 Å². The predicted molar refractivity (Wildman–Crippen MR) is 146 cm³/mol. The van der Waals surface area contributed by atoms with E-state index in [1.807, 2.05) is 38.1 Å². The third-order valence-electron chi connectivity index (χ3n) is 8.06. The van der Waals surface area contributed by atoms with E-state index in [-0.39, 0.29) is 48.5 Å². The number of ether oxygens (including phenoxy) is 2. The highest BCUT2D eigenvalue weighted by atomic mass is 16.5. The van der Waals surface area contributed by atoms with Crippen molar-refractivity contribution in [2.75, 3.05) is 19.8 Å². The number of amides is 1. The number of aliphatic carboxylic acids is 1. The van der Waals surface area contributed by atoms with Gasteiger partial charge >= 0.3 is 5.97 Å². The second kappa shape index (κ2) is 14.1. The van der Waals surface area contributed by atoms with Crippen LogP contribution in [0.25, 0.3) is 0 Å². The summed E-state index contributed by atoms with van der Waals surface area (Å²) in [5, 5.41) is 13.2. The van der Waals surface area contributed by atoms with Crippen LogP contribution in [0.15, 0.2) is 24.3 Å². The third-order valence-corrected chi connectivity index (χ3v) is 8.06. The van der Waals surface area contributed by atoms with E-state index in [1.54, 1.807) is 6.92 Å². The molecule has 5 atom stereocenters. The van der Waals surface area contributed by atoms with Crippen molar-refractivity contribution in [1.82, 2.24) is 5.32 Å². The minimum Gasteiger partial charge on any atom is -0.494 e. The van der Waals surface area contributed by atoms with E-state index in [4.69, 9.17) is 15.2 Å². The second-order valence-electron chi connectivity index (χ2n) is 12.0. The van der Waals surface area contributed by atoms with Crippen LogP contribution in [0, 0.1) is 23.2 Å². The molecule has 2 aliphatic heterocycles. The highest BCUT2D eigenvalue weighted by Crippen LogP contribution is 2.38. The number of carboxylic acids is 1. The maximum Gasteiger partial charge on any atom is 0.309 e. The topological polar surface area (TPSA) is 128 Å². The minimum absolute atomic E-state index is 0.0111. The smallest absolute Gasteiger partial charge is 0.309 e. The maximum atomic E-state index is 13.5. The van der Waals surface area contributed by atoms with Crippen LogP contribution in [0.4, 0.5) is 0 Å². The molecule has 4 N–H and O–H groups in total. The summed E-state index contributed by atoms with van der Waals surface area (Å²) in [6, 6.07) is 7.56. The van der Waals surface area contributed by atoms with Gasteiger partial charge < -0.3 is 25.6 Å². The summed E-state index contributed by atoms with van der Waals surface area (Å²) in [6.07, 6.45) is 5.02. The number of hydrogen-bond donors (Lipinski definition) is 3. The van der Waals surface area contributed by atoms with Crippen molar-refractivity contribution in [1.29, 1.82) is 0 Å². The summed E-state index contributed by atoms with van der Waals surface area (Å²) in [5.74, 6) is -0.858. The number of carboxylic acid groups (broad SMARTS) is 1. The average Bonchev–Trinajstić information content (AvgIpc) is 3.26. The summed E-state index contributed by atoms with van der Waals surface area (Å²) < 4.78 is 11.7. The molecule has 0 saturated heterocycles. The number of benzene rings is 1. The van der Waals surface area contributed by atoms with E-state index in [0.717, 1.165) is 43.4 Å². The zero-order valence-corrected chi connectivity index (χ0v) is 23.2. The summed E-state index contributed by atoms with van der Waals surface area (Å²) in [5.41, 5.74) is 5.79. The number of Topliss-reactive ketones (excluding diaryl/α,β-unsaturated/α-hetero) is 1. The molecule has 1 aliphatic carbocycles. The molecule has 1 aromatic rings. The molecule has 1 aromatic carbocycles. The van der Waals surface area contributed by atoms with Gasteiger partial charge in [0.2, 0.25) is 5.91 Å². The van der Waals surface area contributed by atoms with E-state index in [9.17, 15) is 19.5 Å². The zero-order valence-electron chi connectivity index (χ0n) is 23.2. The molecule has 2 heterocycles. The SMILES string of the molecule is CC(C)[C@H]1COCCCCOc2ccc(cc2)C[C@@H](CC(=O)C[C@@](C)(C[C@@H]2CC[C@@H](N)C2)C(=O)O)C(=O)N1. The van der Waals surface area contributed by atoms with Crippen molar-refractivity contribution in [3.05, 3.63) is 29.8 Å². The fourth-order valence-corrected chi connectivity index (χ4v) is 5.63. The number of carbonyl (C=O) groups is 3. The van der Waals surface area contributed by atoms with Crippen molar-refractivity contribution >= 4 is 17.7 Å². The molecule has 0 radical (unpaired) electrons. The van der Waals surface area contributed by atoms with E-state index in [0.29, 0.717) is 32.7 Å². The predicted octanol–water partition coefficient (Wildman–Crippen LogP) is 4.13. The first-order chi connectivity index (χ1) is 18.1. The Hall–Kier alpha value is -2.45. The summed E-state index contributed by atoms with van der Waals surface area (Å²) in [4.78, 5) is 39.1. The molecule has 0 aromatic heterocycles. The third kappa shape index (κ3) is 9.09. The number of rotatable bonds is 8. The molecule has 38 heavy (non-hydrogen) atoms. The van der Waals surface area contributed by atoms with Crippen molar-refractivity contribution in [2.45, 2.75) is 90.6 Å². The molecule has 0 spiro atoms. The Labute approximate surface area is 227 Å². The van der Waals surface area contributed by atoms with Crippen molar-refractivity contribution in [2.24, 2.45) is 28.9 Å². The molecule has 8 heteroatoms. The monoisotopic (exact) mass is 530 g/mol. The molecule has 1 saturated carbocycles. The first-order valence-electron chi connectivity index (χ1n) is 14.2. The fourth-order valence-electron chi connectivity index (χ4n) is 5.63. The van der Waals surface area contributed by atoms with Gasteiger partial charge in [0.15, 0.2) is 0 Å². The Morgan fingerprint density at radius 3 is 2.50 bits per heavy atom. The van der Waals surface area contributed by atoms with Gasteiger partial charge in [0.1, 0.15) is 11.5 Å². The minimum atomic E-state index is -1.17. The largest absolute Gasteiger partial charge is 0.494 e. The number of ketones is 1. The van der Waals surface area contributed by atoms with Gasteiger partial charge in [-0.3, -0.25) is 14.4 Å². The maximum absolute atomic E-state index is 13.5. The molecule has 2 bridgehead atoms. The summed E-state index contributed by atoms with van der Waals surface area (Å²) in [7, 11) is 0. The quantitative estimate of drug-likeness (QED) is 0.461. The molecule has 0 unspecified atom stereocenters. The highest BCUT2D eigenvalue weighted by Gasteiger charge is 2.40. The van der Waals surface area contributed by atoms with Gasteiger partial charge in [0.05, 0.1) is 24.7 Å². The molecule has 3 aliphatic rings. The number of fused-ring (bicyclic) bond motifs is 13. The number of carbonyl (C=O) groups excluding carboxylic acids is 2. The van der Waals surface area contributed by atoms with Gasteiger partial charge in [-0.2, -0.15) is 0 Å². The number of nitrogens with one attached hydrogen (secondary N) is 1. The first-order valence-corrected chi connectivity index (χ1v) is 14.2. The molecular weight excluding hydrogens is 484 g/mol. The lowest BCUT2D eigenvalue weighted by atomic mass is 9.75. The Kier molecular flexibility index (Phi) is 11.2. The molecule has 4 rings (SSSR count). The normalized spacial score (nSPS) is 26.9. The Balaban J connectivity index is 1.76. The van der Waals surface area contributed by atoms with E-state index in [1.165, 1.54) is 0 Å². The fraction of sp³-hybridized carbons (Fsp3) is 0.700. The van der Waals surface area contributed by atoms with Gasteiger partial charge in [0.25, 0.3) is 0 Å². The van der Waals surface area contributed by atoms with Crippen LogP contribution in [0.3, 0.4) is 0 Å². The standard InChI is InChI=1S/C30H46N2O6/c1-20(2)27-19-37-12-4-5-13-38-26-10-7-21(8-11-26)14-23(28(34)32-27)16-25(33)18-30(3,29(35)36)17-22-6-9-24(31)15-22/h7-8,10-11,20,22-24,27H,4-6,9,12-19,31H2,1-3H3,(H,32,34)(H,35,36)/t22-,23+,24-,27-,30-/m1/s1. The molecule has 1 amide bonds. The lowest BCUT2D eigenvalue weighted by Crippen LogP contribution is -2.45. The number of nitrogens with two attached hydrogens (primary N) is 1. The summed E-state index contributed by atoms with van der Waals surface area (Å²) >= 11 is 0. The van der Waals surface area contributed by atoms with Crippen LogP contribution in [0.5, 0.6) is 5.75 Å². The Morgan fingerprint density at radius 2 is 1.87 bits per heavy atom. The van der Waals surface area contributed by atoms with Gasteiger partial charge in [0, 0.05) is 31.4 Å². The van der Waals surface area contributed by atoms with Crippen LogP contribution in [0.1, 0.15) is 77.7 Å². The second-order valence-corrected chi connectivity index (χ2v) is 12.0. The lowest BCUT2D eigenvalue weighted by molar-refractivity contribution is -0.151. The summed E-state index contributed by atoms with van der Waals surface area (Å²) in [6.45, 7) is 7.32. The van der Waals surface area contributed by atoms with E-state index < -0.39 is 17.3 Å². The lowest BCUT2D eigenvalue weighted by Gasteiger charge is -2.29. The molecular formula is C30H46N2O6. The van der Waals surface area contributed by atoms with Gasteiger partial charge in [-0.15, -0.1) is 0 Å². The highest BCUT2D eigenvalue weighted by molar-refractivity contribution is 5.90. The van der Waals surface area contributed by atoms with Gasteiger partial charge in [-0.25, -0.2) is 0 Å². The van der Waals surface area contributed by atoms with Crippen molar-refractivity contribution < 1.29 is 29.0 Å². The number of hydrogen-bond acceptors (Lipinski definition) is 6. The van der Waals surface area contributed by atoms with E-state index in [2.05, 4.69) is 5.32 Å². The van der Waals surface area contributed by atoms with Crippen molar-refractivity contribution in [3.8, 4) is 5.75 Å². The Morgan fingerprint density at radius 1 is 1.16 bits per heavy atom. The molecule has 1 fully saturated rings. The van der Waals surface area contributed by atoms with Gasteiger partial charge in [-0.1, -0.05) is 26.0 Å². The van der Waals surface area contributed by atoms with Crippen LogP contribution in [-0.4, -0.2) is 54.7 Å². The van der Waals surface area contributed by atoms with Crippen LogP contribution < -0.4 is 15.8 Å². The Bertz CT molecular complexity index is 933. The van der Waals surface area contributed by atoms with Crippen LogP contribution in [-0.2, 0) is 25.5 Å². The average molecular weight is 531 g/mol. The van der Waals surface area contributed by atoms with E-state index >= 15 is 0 Å². The first kappa shape index (κ1) is 30.1.